The Balaban J connectivity index is 1.39. The van der Waals surface area contributed by atoms with Crippen LogP contribution in [0.3, 0.4) is 0 Å². The number of nitrogens with zero attached hydrogens (tertiary/aromatic N) is 1. The second-order valence-electron chi connectivity index (χ2n) is 7.44. The molecule has 4 N–H and O–H groups in total. The second-order valence-corrected chi connectivity index (χ2v) is 7.44. The standard InChI is InChI=1S/C22H27FN4O4/c23-16-2-1-3-17(13-16)26-22(30)27-19-5-4-18(31-20(19)14-28)8-11-25-21(29)12-15-6-9-24-10-7-15/h1-3,6-7,9-10,13,18-20,28H,4-5,8,11-12,14H2,(H,25,29)(H2,26,27,30)/t18-,19-,20+/m0/s1. The fourth-order valence-corrected chi connectivity index (χ4v) is 3.53. The van der Waals surface area contributed by atoms with Crippen molar-refractivity contribution < 1.29 is 23.8 Å². The molecule has 3 amide bonds. The molecule has 0 bridgehead atoms. The number of benzene rings is 1. The lowest BCUT2D eigenvalue weighted by Crippen LogP contribution is -2.52. The Labute approximate surface area is 180 Å². The van der Waals surface area contributed by atoms with Crippen LogP contribution in [0.2, 0.25) is 0 Å². The first-order valence-corrected chi connectivity index (χ1v) is 10.3. The monoisotopic (exact) mass is 430 g/mol. The third-order valence-corrected chi connectivity index (χ3v) is 5.10. The SMILES string of the molecule is O=C(Cc1ccncc1)NCC[C@@H]1CC[C@H](NC(=O)Nc2cccc(F)c2)[C@@H](CO)O1. The number of amides is 3. The molecule has 0 unspecified atom stereocenters. The summed E-state index contributed by atoms with van der Waals surface area (Å²) in [5.41, 5.74) is 1.24. The van der Waals surface area contributed by atoms with E-state index in [9.17, 15) is 19.1 Å². The van der Waals surface area contributed by atoms with Crippen LogP contribution < -0.4 is 16.0 Å². The predicted octanol–water partition coefficient (Wildman–Crippen LogP) is 2.00. The number of halogens is 1. The fraction of sp³-hybridized carbons (Fsp3) is 0.409. The van der Waals surface area contributed by atoms with Crippen molar-refractivity contribution in [1.82, 2.24) is 15.6 Å². The molecule has 31 heavy (non-hydrogen) atoms. The van der Waals surface area contributed by atoms with Crippen LogP contribution in [0, 0.1) is 5.82 Å². The highest BCUT2D eigenvalue weighted by Crippen LogP contribution is 2.22. The number of rotatable bonds is 8. The van der Waals surface area contributed by atoms with Gasteiger partial charge in [-0.3, -0.25) is 9.78 Å². The zero-order chi connectivity index (χ0) is 22.1. The summed E-state index contributed by atoms with van der Waals surface area (Å²) >= 11 is 0. The van der Waals surface area contributed by atoms with Crippen molar-refractivity contribution in [3.63, 3.8) is 0 Å². The molecule has 0 aliphatic carbocycles. The van der Waals surface area contributed by atoms with E-state index in [2.05, 4.69) is 20.9 Å². The molecule has 1 fully saturated rings. The molecule has 1 aliphatic heterocycles. The average Bonchev–Trinajstić information content (AvgIpc) is 2.75. The Bertz CT molecular complexity index is 868. The van der Waals surface area contributed by atoms with Gasteiger partial charge < -0.3 is 25.8 Å². The van der Waals surface area contributed by atoms with Gasteiger partial charge in [-0.2, -0.15) is 0 Å². The average molecular weight is 430 g/mol. The molecule has 1 aromatic carbocycles. The molecule has 3 rings (SSSR count). The topological polar surface area (TPSA) is 113 Å². The Morgan fingerprint density at radius 3 is 2.74 bits per heavy atom. The van der Waals surface area contributed by atoms with Crippen molar-refractivity contribution in [2.45, 2.75) is 43.9 Å². The molecule has 9 heteroatoms. The van der Waals surface area contributed by atoms with Crippen LogP contribution in [0.5, 0.6) is 0 Å². The quantitative estimate of drug-likeness (QED) is 0.512. The Morgan fingerprint density at radius 1 is 1.19 bits per heavy atom. The Hall–Kier alpha value is -3.04. The third-order valence-electron chi connectivity index (χ3n) is 5.10. The van der Waals surface area contributed by atoms with Crippen LogP contribution in [0.4, 0.5) is 14.9 Å². The smallest absolute Gasteiger partial charge is 0.319 e. The van der Waals surface area contributed by atoms with E-state index in [1.165, 1.54) is 18.2 Å². The number of hydrogen-bond donors (Lipinski definition) is 4. The molecule has 2 heterocycles. The zero-order valence-electron chi connectivity index (χ0n) is 17.1. The predicted molar refractivity (Wildman–Crippen MR) is 113 cm³/mol. The normalized spacial score (nSPS) is 20.6. The molecule has 166 valence electrons. The molecule has 1 aromatic heterocycles. The highest BCUT2D eigenvalue weighted by Gasteiger charge is 2.31. The van der Waals surface area contributed by atoms with Crippen molar-refractivity contribution in [1.29, 1.82) is 0 Å². The van der Waals surface area contributed by atoms with E-state index in [0.717, 1.165) is 5.56 Å². The van der Waals surface area contributed by atoms with Gasteiger partial charge in [0, 0.05) is 24.6 Å². The van der Waals surface area contributed by atoms with Crippen LogP contribution in [0.25, 0.3) is 0 Å². The van der Waals surface area contributed by atoms with Gasteiger partial charge in [0.15, 0.2) is 0 Å². The number of urea groups is 1. The van der Waals surface area contributed by atoms with E-state index in [-0.39, 0.29) is 24.7 Å². The van der Waals surface area contributed by atoms with Crippen LogP contribution in [-0.4, -0.2) is 53.4 Å². The number of hydrogen-bond acceptors (Lipinski definition) is 5. The lowest BCUT2D eigenvalue weighted by Gasteiger charge is -2.36. The maximum absolute atomic E-state index is 13.2. The first kappa shape index (κ1) is 22.6. The summed E-state index contributed by atoms with van der Waals surface area (Å²) in [6.45, 7) is 0.223. The summed E-state index contributed by atoms with van der Waals surface area (Å²) in [4.78, 5) is 28.2. The number of carbonyl (C=O) groups is 2. The molecule has 0 spiro atoms. The van der Waals surface area contributed by atoms with Gasteiger partial charge in [0.1, 0.15) is 11.9 Å². The second kappa shape index (κ2) is 11.4. The number of nitrogens with one attached hydrogen (secondary N) is 3. The molecule has 3 atom stereocenters. The molecule has 0 saturated carbocycles. The number of aliphatic hydroxyl groups excluding tert-OH is 1. The maximum atomic E-state index is 13.2. The van der Waals surface area contributed by atoms with Crippen molar-refractivity contribution in [2.75, 3.05) is 18.5 Å². The largest absolute Gasteiger partial charge is 0.394 e. The van der Waals surface area contributed by atoms with Crippen LogP contribution in [0.15, 0.2) is 48.8 Å². The minimum Gasteiger partial charge on any atom is -0.394 e. The summed E-state index contributed by atoms with van der Waals surface area (Å²) in [5, 5.41) is 17.9. The lowest BCUT2D eigenvalue weighted by molar-refractivity contribution is -0.121. The lowest BCUT2D eigenvalue weighted by atomic mass is 9.97. The molecule has 1 saturated heterocycles. The highest BCUT2D eigenvalue weighted by atomic mass is 19.1. The van der Waals surface area contributed by atoms with Gasteiger partial charge in [-0.25, -0.2) is 9.18 Å². The van der Waals surface area contributed by atoms with Gasteiger partial charge in [-0.1, -0.05) is 6.07 Å². The van der Waals surface area contributed by atoms with Gasteiger partial charge in [-0.15, -0.1) is 0 Å². The third kappa shape index (κ3) is 7.30. The molecule has 1 aliphatic rings. The number of pyridine rings is 1. The number of ether oxygens (including phenoxy) is 1. The summed E-state index contributed by atoms with van der Waals surface area (Å²) < 4.78 is 19.1. The van der Waals surface area contributed by atoms with E-state index >= 15 is 0 Å². The van der Waals surface area contributed by atoms with Crippen molar-refractivity contribution in [2.24, 2.45) is 0 Å². The number of anilines is 1. The summed E-state index contributed by atoms with van der Waals surface area (Å²) in [5.74, 6) is -0.517. The van der Waals surface area contributed by atoms with E-state index < -0.39 is 18.0 Å². The van der Waals surface area contributed by atoms with Gasteiger partial charge >= 0.3 is 6.03 Å². The van der Waals surface area contributed by atoms with Gasteiger partial charge in [0.2, 0.25) is 5.91 Å². The minimum absolute atomic E-state index is 0.0747. The molecule has 2 aromatic rings. The van der Waals surface area contributed by atoms with Crippen LogP contribution in [0.1, 0.15) is 24.8 Å². The Kier molecular flexibility index (Phi) is 8.31. The summed E-state index contributed by atoms with van der Waals surface area (Å²) in [6.07, 6.45) is 4.83. The number of aromatic nitrogens is 1. The highest BCUT2D eigenvalue weighted by molar-refractivity contribution is 5.89. The van der Waals surface area contributed by atoms with Crippen LogP contribution in [-0.2, 0) is 16.0 Å². The minimum atomic E-state index is -0.551. The Morgan fingerprint density at radius 2 is 2.00 bits per heavy atom. The van der Waals surface area contributed by atoms with Crippen molar-refractivity contribution in [3.8, 4) is 0 Å². The summed E-state index contributed by atoms with van der Waals surface area (Å²) in [6, 6.07) is 8.35. The molecular formula is C22H27FN4O4. The van der Waals surface area contributed by atoms with E-state index in [4.69, 9.17) is 4.74 Å². The molecular weight excluding hydrogens is 403 g/mol. The molecule has 8 nitrogen and oxygen atoms in total. The van der Waals surface area contributed by atoms with Gasteiger partial charge in [0.25, 0.3) is 0 Å². The van der Waals surface area contributed by atoms with E-state index in [0.29, 0.717) is 37.9 Å². The first-order valence-electron chi connectivity index (χ1n) is 10.3. The number of aliphatic hydroxyl groups is 1. The van der Waals surface area contributed by atoms with Gasteiger partial charge in [0.05, 0.1) is 25.2 Å². The molecule has 0 radical (unpaired) electrons. The zero-order valence-corrected chi connectivity index (χ0v) is 17.1. The van der Waals surface area contributed by atoms with Gasteiger partial charge in [-0.05, 0) is 55.2 Å². The van der Waals surface area contributed by atoms with Crippen LogP contribution >= 0.6 is 0 Å². The van der Waals surface area contributed by atoms with Crippen molar-refractivity contribution in [3.05, 3.63) is 60.2 Å². The first-order chi connectivity index (χ1) is 15.0. The van der Waals surface area contributed by atoms with E-state index in [1.807, 2.05) is 0 Å². The fourth-order valence-electron chi connectivity index (χ4n) is 3.53. The van der Waals surface area contributed by atoms with Crippen molar-refractivity contribution >= 4 is 17.6 Å². The summed E-state index contributed by atoms with van der Waals surface area (Å²) in [7, 11) is 0. The maximum Gasteiger partial charge on any atom is 0.319 e. The number of carbonyl (C=O) groups excluding carboxylic acids is 2. The van der Waals surface area contributed by atoms with E-state index in [1.54, 1.807) is 30.6 Å².